The van der Waals surface area contributed by atoms with Crippen molar-refractivity contribution in [1.82, 2.24) is 24.8 Å². The molecule has 6 heteroatoms. The Morgan fingerprint density at radius 1 is 1.26 bits per heavy atom. The maximum atomic E-state index is 12.9. The average molecular weight is 363 g/mol. The van der Waals surface area contributed by atoms with Crippen molar-refractivity contribution < 1.29 is 4.79 Å². The molecular weight excluding hydrogens is 338 g/mol. The van der Waals surface area contributed by atoms with Crippen molar-refractivity contribution in [1.29, 1.82) is 0 Å². The Balaban J connectivity index is 1.56. The highest BCUT2D eigenvalue weighted by Gasteiger charge is 2.26. The van der Waals surface area contributed by atoms with Crippen LogP contribution < -0.4 is 0 Å². The molecule has 1 fully saturated rings. The summed E-state index contributed by atoms with van der Waals surface area (Å²) in [7, 11) is 2.14. The van der Waals surface area contributed by atoms with Crippen LogP contribution in [0.3, 0.4) is 0 Å². The molecule has 1 aliphatic rings. The van der Waals surface area contributed by atoms with Crippen LogP contribution in [0.2, 0.25) is 0 Å². The van der Waals surface area contributed by atoms with Crippen LogP contribution in [-0.2, 0) is 0 Å². The molecular formula is C21H25N5O. The molecule has 1 saturated heterocycles. The van der Waals surface area contributed by atoms with Gasteiger partial charge in [-0.2, -0.15) is 0 Å². The molecule has 0 spiro atoms. The summed E-state index contributed by atoms with van der Waals surface area (Å²) < 4.78 is 0. The first-order valence-electron chi connectivity index (χ1n) is 9.47. The third-order valence-electron chi connectivity index (χ3n) is 5.58. The van der Waals surface area contributed by atoms with Gasteiger partial charge in [-0.15, -0.1) is 0 Å². The zero-order valence-corrected chi connectivity index (χ0v) is 16.1. The summed E-state index contributed by atoms with van der Waals surface area (Å²) in [6.45, 7) is 6.67. The molecule has 1 amide bonds. The van der Waals surface area contributed by atoms with Gasteiger partial charge in [0.15, 0.2) is 5.65 Å². The van der Waals surface area contributed by atoms with E-state index in [2.05, 4.69) is 39.9 Å². The van der Waals surface area contributed by atoms with Crippen molar-refractivity contribution in [3.63, 3.8) is 0 Å². The molecule has 0 bridgehead atoms. The largest absolute Gasteiger partial charge is 0.343 e. The number of pyridine rings is 1. The number of aromatic nitrogens is 3. The minimum atomic E-state index is 0.118. The van der Waals surface area contributed by atoms with Crippen molar-refractivity contribution in [3.8, 4) is 11.1 Å². The van der Waals surface area contributed by atoms with Crippen LogP contribution >= 0.6 is 0 Å². The first-order chi connectivity index (χ1) is 13.1. The fourth-order valence-electron chi connectivity index (χ4n) is 3.80. The quantitative estimate of drug-likeness (QED) is 0.777. The Hall–Kier alpha value is -2.73. The molecule has 140 valence electrons. The third kappa shape index (κ3) is 3.32. The van der Waals surface area contributed by atoms with Gasteiger partial charge in [-0.3, -0.25) is 9.69 Å². The Labute approximate surface area is 159 Å². The summed E-state index contributed by atoms with van der Waals surface area (Å²) in [5.41, 5.74) is 5.42. The minimum Gasteiger partial charge on any atom is -0.343 e. The van der Waals surface area contributed by atoms with Gasteiger partial charge >= 0.3 is 0 Å². The number of amides is 1. The number of carbonyl (C=O) groups excluding carboxylic acids is 1. The SMILES string of the molecule is CC[C@@H]1CN(C(=O)c2ccc(-c3cc4[nH]cnc4nc3C)cc2)CCN1C. The smallest absolute Gasteiger partial charge is 0.253 e. The van der Waals surface area contributed by atoms with Crippen LogP contribution in [0.5, 0.6) is 0 Å². The highest BCUT2D eigenvalue weighted by atomic mass is 16.2. The van der Waals surface area contributed by atoms with Gasteiger partial charge in [-0.05, 0) is 44.2 Å². The van der Waals surface area contributed by atoms with Crippen LogP contribution in [-0.4, -0.2) is 63.4 Å². The fourth-order valence-corrected chi connectivity index (χ4v) is 3.80. The number of hydrogen-bond acceptors (Lipinski definition) is 4. The van der Waals surface area contributed by atoms with E-state index >= 15 is 0 Å². The summed E-state index contributed by atoms with van der Waals surface area (Å²) in [6.07, 6.45) is 2.71. The number of likely N-dealkylation sites (N-methyl/N-ethyl adjacent to an activating group) is 1. The molecule has 1 aliphatic heterocycles. The lowest BCUT2D eigenvalue weighted by Crippen LogP contribution is -2.52. The van der Waals surface area contributed by atoms with Crippen molar-refractivity contribution in [3.05, 3.63) is 47.9 Å². The first-order valence-corrected chi connectivity index (χ1v) is 9.47. The number of benzene rings is 1. The predicted octanol–water partition coefficient (Wildman–Crippen LogP) is 3.10. The van der Waals surface area contributed by atoms with Crippen LogP contribution in [0.25, 0.3) is 22.3 Å². The molecule has 0 aliphatic carbocycles. The van der Waals surface area contributed by atoms with Gasteiger partial charge in [-0.1, -0.05) is 19.1 Å². The van der Waals surface area contributed by atoms with E-state index in [1.54, 1.807) is 6.33 Å². The summed E-state index contributed by atoms with van der Waals surface area (Å²) in [4.78, 5) is 29.1. The van der Waals surface area contributed by atoms with Gasteiger partial charge in [0.2, 0.25) is 0 Å². The van der Waals surface area contributed by atoms with Gasteiger partial charge < -0.3 is 9.88 Å². The minimum absolute atomic E-state index is 0.118. The highest BCUT2D eigenvalue weighted by molar-refractivity contribution is 5.95. The maximum absolute atomic E-state index is 12.9. The van der Waals surface area contributed by atoms with Gasteiger partial charge in [0.05, 0.1) is 11.8 Å². The number of aryl methyl sites for hydroxylation is 1. The van der Waals surface area contributed by atoms with Crippen molar-refractivity contribution >= 4 is 17.1 Å². The second kappa shape index (κ2) is 7.12. The summed E-state index contributed by atoms with van der Waals surface area (Å²) >= 11 is 0. The van der Waals surface area contributed by atoms with Crippen LogP contribution in [0.4, 0.5) is 0 Å². The van der Waals surface area contributed by atoms with Crippen LogP contribution in [0.1, 0.15) is 29.4 Å². The number of fused-ring (bicyclic) bond motifs is 1. The monoisotopic (exact) mass is 363 g/mol. The zero-order valence-electron chi connectivity index (χ0n) is 16.1. The molecule has 0 saturated carbocycles. The normalized spacial score (nSPS) is 18.2. The number of nitrogens with one attached hydrogen (secondary N) is 1. The summed E-state index contributed by atoms with van der Waals surface area (Å²) in [5, 5.41) is 0. The zero-order chi connectivity index (χ0) is 19.0. The van der Waals surface area contributed by atoms with Crippen LogP contribution in [0.15, 0.2) is 36.7 Å². The van der Waals surface area contributed by atoms with E-state index in [4.69, 9.17) is 0 Å². The van der Waals surface area contributed by atoms with E-state index in [1.807, 2.05) is 36.1 Å². The molecule has 6 nitrogen and oxygen atoms in total. The molecule has 1 atom stereocenters. The number of hydrogen-bond donors (Lipinski definition) is 1. The molecule has 0 radical (unpaired) electrons. The maximum Gasteiger partial charge on any atom is 0.253 e. The Morgan fingerprint density at radius 2 is 2.04 bits per heavy atom. The highest BCUT2D eigenvalue weighted by Crippen LogP contribution is 2.26. The number of rotatable bonds is 3. The number of aromatic amines is 1. The van der Waals surface area contributed by atoms with Crippen molar-refractivity contribution in [2.45, 2.75) is 26.3 Å². The van der Waals surface area contributed by atoms with E-state index in [-0.39, 0.29) is 5.91 Å². The molecule has 27 heavy (non-hydrogen) atoms. The van der Waals surface area contributed by atoms with Gasteiger partial charge in [-0.25, -0.2) is 9.97 Å². The van der Waals surface area contributed by atoms with Gasteiger partial charge in [0.25, 0.3) is 5.91 Å². The van der Waals surface area contributed by atoms with E-state index in [1.165, 1.54) is 0 Å². The number of nitrogens with zero attached hydrogens (tertiary/aromatic N) is 4. The number of piperazine rings is 1. The third-order valence-corrected chi connectivity index (χ3v) is 5.58. The van der Waals surface area contributed by atoms with E-state index in [0.29, 0.717) is 6.04 Å². The fraction of sp³-hybridized carbons (Fsp3) is 0.381. The standard InChI is InChI=1S/C21H25N5O/c1-4-17-12-26(10-9-25(17)3)21(27)16-7-5-15(6-8-16)18-11-19-20(23-13-22-19)24-14(18)2/h5-8,11,13,17H,4,9-10,12H2,1-3H3,(H,22,23,24)/t17-/m1/s1. The summed E-state index contributed by atoms with van der Waals surface area (Å²) in [6, 6.07) is 10.4. The number of H-pyrrole nitrogens is 1. The molecule has 2 aromatic heterocycles. The predicted molar refractivity (Wildman–Crippen MR) is 107 cm³/mol. The Bertz CT molecular complexity index is 962. The molecule has 3 aromatic rings. The lowest BCUT2D eigenvalue weighted by atomic mass is 10.0. The second-order valence-corrected chi connectivity index (χ2v) is 7.27. The molecule has 3 heterocycles. The van der Waals surface area contributed by atoms with E-state index < -0.39 is 0 Å². The molecule has 1 N–H and O–H groups in total. The number of carbonyl (C=O) groups is 1. The second-order valence-electron chi connectivity index (χ2n) is 7.27. The lowest BCUT2D eigenvalue weighted by Gasteiger charge is -2.39. The first kappa shape index (κ1) is 17.7. The number of imidazole rings is 1. The average Bonchev–Trinajstić information content (AvgIpc) is 3.14. The molecule has 0 unspecified atom stereocenters. The van der Waals surface area contributed by atoms with Gasteiger partial charge in [0.1, 0.15) is 0 Å². The van der Waals surface area contributed by atoms with E-state index in [0.717, 1.165) is 59.6 Å². The van der Waals surface area contributed by atoms with E-state index in [9.17, 15) is 4.79 Å². The van der Waals surface area contributed by atoms with Crippen molar-refractivity contribution in [2.75, 3.05) is 26.7 Å². The molecule has 1 aromatic carbocycles. The van der Waals surface area contributed by atoms with Gasteiger partial charge in [0, 0.05) is 42.5 Å². The Morgan fingerprint density at radius 3 is 2.78 bits per heavy atom. The topological polar surface area (TPSA) is 65.1 Å². The van der Waals surface area contributed by atoms with Crippen LogP contribution in [0, 0.1) is 6.92 Å². The lowest BCUT2D eigenvalue weighted by molar-refractivity contribution is 0.0542. The Kier molecular flexibility index (Phi) is 4.66. The van der Waals surface area contributed by atoms with Crippen molar-refractivity contribution in [2.24, 2.45) is 0 Å². The summed E-state index contributed by atoms with van der Waals surface area (Å²) in [5.74, 6) is 0.118. The molecule has 4 rings (SSSR count).